The van der Waals surface area contributed by atoms with Crippen LogP contribution in [0.5, 0.6) is 0 Å². The molecule has 1 amide bonds. The van der Waals surface area contributed by atoms with Gasteiger partial charge in [-0.15, -0.1) is 0 Å². The first kappa shape index (κ1) is 14.1. The lowest BCUT2D eigenvalue weighted by Crippen LogP contribution is -2.35. The summed E-state index contributed by atoms with van der Waals surface area (Å²) in [7, 11) is 0. The summed E-state index contributed by atoms with van der Waals surface area (Å²) in [6.07, 6.45) is 2.47. The third-order valence-corrected chi connectivity index (χ3v) is 2.88. The van der Waals surface area contributed by atoms with Crippen molar-refractivity contribution in [2.24, 2.45) is 5.73 Å². The Morgan fingerprint density at radius 1 is 1.59 bits per heavy atom. The SMILES string of the molecule is CCCC[C@H](N)C(=O)Nc1cc(Br)ccc1F. The van der Waals surface area contributed by atoms with Gasteiger partial charge in [0.1, 0.15) is 5.82 Å². The molecular formula is C12H16BrFN2O. The molecule has 1 aromatic rings. The van der Waals surface area contributed by atoms with Crippen LogP contribution in [0.2, 0.25) is 0 Å². The smallest absolute Gasteiger partial charge is 0.241 e. The fourth-order valence-corrected chi connectivity index (χ4v) is 1.73. The van der Waals surface area contributed by atoms with Gasteiger partial charge in [0.05, 0.1) is 11.7 Å². The first-order chi connectivity index (χ1) is 8.04. The second kappa shape index (κ2) is 6.71. The molecule has 0 unspecified atom stereocenters. The average Bonchev–Trinajstić information content (AvgIpc) is 2.30. The third kappa shape index (κ3) is 4.44. The molecule has 0 saturated carbocycles. The first-order valence-electron chi connectivity index (χ1n) is 5.56. The lowest BCUT2D eigenvalue weighted by Gasteiger charge is -2.12. The highest BCUT2D eigenvalue weighted by Gasteiger charge is 2.14. The number of hydrogen-bond acceptors (Lipinski definition) is 2. The number of benzene rings is 1. The largest absolute Gasteiger partial charge is 0.322 e. The van der Waals surface area contributed by atoms with E-state index in [2.05, 4.69) is 21.2 Å². The van der Waals surface area contributed by atoms with Gasteiger partial charge in [-0.05, 0) is 24.6 Å². The van der Waals surface area contributed by atoms with Gasteiger partial charge in [0.15, 0.2) is 0 Å². The van der Waals surface area contributed by atoms with Gasteiger partial charge in [-0.3, -0.25) is 4.79 Å². The molecule has 0 spiro atoms. The van der Waals surface area contributed by atoms with Crippen molar-refractivity contribution < 1.29 is 9.18 Å². The lowest BCUT2D eigenvalue weighted by molar-refractivity contribution is -0.117. The summed E-state index contributed by atoms with van der Waals surface area (Å²) in [5.74, 6) is -0.820. The number of anilines is 1. The van der Waals surface area contributed by atoms with E-state index in [1.165, 1.54) is 12.1 Å². The number of rotatable bonds is 5. The Labute approximate surface area is 109 Å². The molecule has 3 N–H and O–H groups in total. The highest BCUT2D eigenvalue weighted by atomic mass is 79.9. The van der Waals surface area contributed by atoms with Gasteiger partial charge < -0.3 is 11.1 Å². The van der Waals surface area contributed by atoms with E-state index in [9.17, 15) is 9.18 Å². The van der Waals surface area contributed by atoms with Gasteiger partial charge in [-0.1, -0.05) is 35.7 Å². The highest BCUT2D eigenvalue weighted by Crippen LogP contribution is 2.20. The molecule has 0 fully saturated rings. The molecule has 0 aliphatic heterocycles. The van der Waals surface area contributed by atoms with Gasteiger partial charge in [-0.25, -0.2) is 4.39 Å². The van der Waals surface area contributed by atoms with E-state index in [0.29, 0.717) is 10.9 Å². The Hall–Kier alpha value is -0.940. The first-order valence-corrected chi connectivity index (χ1v) is 6.35. The maximum absolute atomic E-state index is 13.4. The van der Waals surface area contributed by atoms with Crippen LogP contribution in [0, 0.1) is 5.82 Å². The Morgan fingerprint density at radius 2 is 2.29 bits per heavy atom. The van der Waals surface area contributed by atoms with E-state index < -0.39 is 11.9 Å². The van der Waals surface area contributed by atoms with Crippen LogP contribution in [0.25, 0.3) is 0 Å². The van der Waals surface area contributed by atoms with Crippen LogP contribution < -0.4 is 11.1 Å². The van der Waals surface area contributed by atoms with Crippen LogP contribution in [0.1, 0.15) is 26.2 Å². The quantitative estimate of drug-likeness (QED) is 0.878. The van der Waals surface area contributed by atoms with Crippen molar-refractivity contribution in [3.05, 3.63) is 28.5 Å². The van der Waals surface area contributed by atoms with Gasteiger partial charge in [0.2, 0.25) is 5.91 Å². The molecule has 1 rings (SSSR count). The Kier molecular flexibility index (Phi) is 5.58. The summed E-state index contributed by atoms with van der Waals surface area (Å²) in [6.45, 7) is 2.03. The zero-order chi connectivity index (χ0) is 12.8. The van der Waals surface area contributed by atoms with Crippen LogP contribution >= 0.6 is 15.9 Å². The molecule has 0 heterocycles. The summed E-state index contributed by atoms with van der Waals surface area (Å²) in [6, 6.07) is 3.78. The Morgan fingerprint density at radius 3 is 2.94 bits per heavy atom. The van der Waals surface area contributed by atoms with Crippen LogP contribution in [0.15, 0.2) is 22.7 Å². The van der Waals surface area contributed by atoms with E-state index in [1.807, 2.05) is 6.92 Å². The van der Waals surface area contributed by atoms with Crippen molar-refractivity contribution in [1.29, 1.82) is 0 Å². The van der Waals surface area contributed by atoms with E-state index in [-0.39, 0.29) is 11.6 Å². The molecule has 0 saturated heterocycles. The monoisotopic (exact) mass is 302 g/mol. The second-order valence-electron chi connectivity index (χ2n) is 3.86. The van der Waals surface area contributed by atoms with Crippen molar-refractivity contribution in [2.45, 2.75) is 32.2 Å². The number of carbonyl (C=O) groups is 1. The number of nitrogens with one attached hydrogen (secondary N) is 1. The zero-order valence-electron chi connectivity index (χ0n) is 9.67. The summed E-state index contributed by atoms with van der Waals surface area (Å²) in [5, 5.41) is 2.49. The summed E-state index contributed by atoms with van der Waals surface area (Å²) in [5.41, 5.74) is 5.84. The molecule has 0 aliphatic rings. The number of unbranched alkanes of at least 4 members (excludes halogenated alkanes) is 1. The molecule has 94 valence electrons. The third-order valence-electron chi connectivity index (χ3n) is 2.39. The molecule has 1 atom stereocenters. The van der Waals surface area contributed by atoms with Crippen molar-refractivity contribution in [2.75, 3.05) is 5.32 Å². The van der Waals surface area contributed by atoms with Gasteiger partial charge in [0.25, 0.3) is 0 Å². The number of carbonyl (C=O) groups excluding carboxylic acids is 1. The van der Waals surface area contributed by atoms with Gasteiger partial charge >= 0.3 is 0 Å². The fourth-order valence-electron chi connectivity index (χ4n) is 1.37. The summed E-state index contributed by atoms with van der Waals surface area (Å²) >= 11 is 3.22. The molecule has 17 heavy (non-hydrogen) atoms. The predicted octanol–water partition coefficient (Wildman–Crippen LogP) is 3.04. The number of amides is 1. The highest BCUT2D eigenvalue weighted by molar-refractivity contribution is 9.10. The van der Waals surface area contributed by atoms with Crippen molar-refractivity contribution >= 4 is 27.5 Å². The molecule has 1 aromatic carbocycles. The molecule has 0 radical (unpaired) electrons. The Balaban J connectivity index is 2.64. The maximum Gasteiger partial charge on any atom is 0.241 e. The topological polar surface area (TPSA) is 55.1 Å². The Bertz CT molecular complexity index is 398. The lowest BCUT2D eigenvalue weighted by atomic mass is 10.1. The summed E-state index contributed by atoms with van der Waals surface area (Å²) in [4.78, 5) is 11.7. The van der Waals surface area contributed by atoms with Crippen molar-refractivity contribution in [3.63, 3.8) is 0 Å². The van der Waals surface area contributed by atoms with E-state index >= 15 is 0 Å². The predicted molar refractivity (Wildman–Crippen MR) is 70.2 cm³/mol. The molecular weight excluding hydrogens is 287 g/mol. The number of nitrogens with two attached hydrogens (primary N) is 1. The standard InChI is InChI=1S/C12H16BrFN2O/c1-2-3-4-10(15)12(17)16-11-7-8(13)5-6-9(11)14/h5-7,10H,2-4,15H2,1H3,(H,16,17)/t10-/m0/s1. The van der Waals surface area contributed by atoms with Crippen molar-refractivity contribution in [3.8, 4) is 0 Å². The van der Waals surface area contributed by atoms with Gasteiger partial charge in [0, 0.05) is 4.47 Å². The van der Waals surface area contributed by atoms with Crippen LogP contribution in [-0.2, 0) is 4.79 Å². The van der Waals surface area contributed by atoms with Crippen LogP contribution in [0.3, 0.4) is 0 Å². The van der Waals surface area contributed by atoms with E-state index in [0.717, 1.165) is 12.8 Å². The molecule has 0 aromatic heterocycles. The maximum atomic E-state index is 13.4. The minimum Gasteiger partial charge on any atom is -0.322 e. The van der Waals surface area contributed by atoms with Crippen LogP contribution in [0.4, 0.5) is 10.1 Å². The van der Waals surface area contributed by atoms with Crippen molar-refractivity contribution in [1.82, 2.24) is 0 Å². The van der Waals surface area contributed by atoms with E-state index in [1.54, 1.807) is 6.07 Å². The van der Waals surface area contributed by atoms with Crippen LogP contribution in [-0.4, -0.2) is 11.9 Å². The number of hydrogen-bond donors (Lipinski definition) is 2. The van der Waals surface area contributed by atoms with Gasteiger partial charge in [-0.2, -0.15) is 0 Å². The normalized spacial score (nSPS) is 12.2. The molecule has 3 nitrogen and oxygen atoms in total. The zero-order valence-corrected chi connectivity index (χ0v) is 11.3. The average molecular weight is 303 g/mol. The molecule has 0 bridgehead atoms. The second-order valence-corrected chi connectivity index (χ2v) is 4.78. The van der Waals surface area contributed by atoms with E-state index in [4.69, 9.17) is 5.73 Å². The molecule has 0 aliphatic carbocycles. The number of halogens is 2. The fraction of sp³-hybridized carbons (Fsp3) is 0.417. The minimum atomic E-state index is -0.590. The minimum absolute atomic E-state index is 0.149. The summed E-state index contributed by atoms with van der Waals surface area (Å²) < 4.78 is 14.1. The molecule has 5 heteroatoms.